The number of carbonyl (C=O) groups is 2. The summed E-state index contributed by atoms with van der Waals surface area (Å²) in [5, 5.41) is 13.9. The van der Waals surface area contributed by atoms with Gasteiger partial charge in [0.1, 0.15) is 5.82 Å². The summed E-state index contributed by atoms with van der Waals surface area (Å²) in [5.41, 5.74) is 0.647. The van der Waals surface area contributed by atoms with Crippen LogP contribution in [0.3, 0.4) is 0 Å². The molecule has 0 spiro atoms. The lowest BCUT2D eigenvalue weighted by molar-refractivity contribution is -0.384. The van der Waals surface area contributed by atoms with Crippen molar-refractivity contribution in [1.82, 2.24) is 4.90 Å². The number of nitrogens with one attached hydrogen (secondary N) is 1. The lowest BCUT2D eigenvalue weighted by atomic mass is 10.1. The van der Waals surface area contributed by atoms with E-state index in [0.717, 1.165) is 17.8 Å². The predicted molar refractivity (Wildman–Crippen MR) is 116 cm³/mol. The van der Waals surface area contributed by atoms with Gasteiger partial charge in [-0.25, -0.2) is 4.39 Å². The van der Waals surface area contributed by atoms with Gasteiger partial charge in [0.25, 0.3) is 17.5 Å². The quantitative estimate of drug-likeness (QED) is 0.438. The van der Waals surface area contributed by atoms with Crippen LogP contribution in [0, 0.1) is 15.9 Å². The SMILES string of the molecule is CN(C)C(=O)c1ccc(NC(=O)c2cc([N+](=O)[O-])ccc2Sc2ccccc2F)cc1. The highest BCUT2D eigenvalue weighted by atomic mass is 32.2. The number of non-ortho nitro benzene ring substituents is 1. The van der Waals surface area contributed by atoms with Crippen LogP contribution in [0.25, 0.3) is 0 Å². The number of amides is 2. The number of rotatable bonds is 6. The minimum Gasteiger partial charge on any atom is -0.345 e. The molecule has 0 aliphatic heterocycles. The van der Waals surface area contributed by atoms with Crippen molar-refractivity contribution in [3.63, 3.8) is 0 Å². The number of hydrogen-bond donors (Lipinski definition) is 1. The fraction of sp³-hybridized carbons (Fsp3) is 0.0909. The molecule has 9 heteroatoms. The van der Waals surface area contributed by atoms with Gasteiger partial charge in [-0.05, 0) is 42.5 Å². The average molecular weight is 439 g/mol. The zero-order valence-corrected chi connectivity index (χ0v) is 17.5. The molecule has 3 rings (SSSR count). The summed E-state index contributed by atoms with van der Waals surface area (Å²) >= 11 is 1.00. The third kappa shape index (κ3) is 5.26. The molecule has 31 heavy (non-hydrogen) atoms. The minimum absolute atomic E-state index is 0.0379. The molecule has 0 atom stereocenters. The van der Waals surface area contributed by atoms with Crippen LogP contribution in [0.2, 0.25) is 0 Å². The van der Waals surface area contributed by atoms with Crippen molar-refractivity contribution in [2.75, 3.05) is 19.4 Å². The van der Waals surface area contributed by atoms with Crippen molar-refractivity contribution in [3.05, 3.63) is 93.8 Å². The number of nitrogens with zero attached hydrogens (tertiary/aromatic N) is 2. The summed E-state index contributed by atoms with van der Waals surface area (Å²) in [6.07, 6.45) is 0. The summed E-state index contributed by atoms with van der Waals surface area (Å²) < 4.78 is 14.1. The summed E-state index contributed by atoms with van der Waals surface area (Å²) in [5.74, 6) is -1.23. The molecule has 0 aromatic heterocycles. The summed E-state index contributed by atoms with van der Waals surface area (Å²) in [6, 6.07) is 16.2. The average Bonchev–Trinajstić information content (AvgIpc) is 2.75. The van der Waals surface area contributed by atoms with Crippen LogP contribution in [0.5, 0.6) is 0 Å². The fourth-order valence-corrected chi connectivity index (χ4v) is 3.64. The van der Waals surface area contributed by atoms with Gasteiger partial charge in [-0.2, -0.15) is 0 Å². The molecule has 0 radical (unpaired) electrons. The van der Waals surface area contributed by atoms with Crippen LogP contribution >= 0.6 is 11.8 Å². The highest BCUT2D eigenvalue weighted by Crippen LogP contribution is 2.34. The van der Waals surface area contributed by atoms with E-state index in [-0.39, 0.29) is 22.1 Å². The Morgan fingerprint density at radius 1 is 1.00 bits per heavy atom. The van der Waals surface area contributed by atoms with Gasteiger partial charge >= 0.3 is 0 Å². The third-order valence-electron chi connectivity index (χ3n) is 4.27. The van der Waals surface area contributed by atoms with E-state index in [1.165, 1.54) is 23.1 Å². The normalized spacial score (nSPS) is 10.4. The van der Waals surface area contributed by atoms with Gasteiger partial charge < -0.3 is 10.2 Å². The molecule has 7 nitrogen and oxygen atoms in total. The van der Waals surface area contributed by atoms with Crippen molar-refractivity contribution in [2.45, 2.75) is 9.79 Å². The van der Waals surface area contributed by atoms with E-state index in [1.54, 1.807) is 56.6 Å². The van der Waals surface area contributed by atoms with Crippen molar-refractivity contribution >= 4 is 35.0 Å². The Labute approximate surface area is 182 Å². The summed E-state index contributed by atoms with van der Waals surface area (Å²) in [6.45, 7) is 0. The molecule has 0 unspecified atom stereocenters. The summed E-state index contributed by atoms with van der Waals surface area (Å²) in [7, 11) is 3.27. The van der Waals surface area contributed by atoms with Gasteiger partial charge in [0.15, 0.2) is 0 Å². The van der Waals surface area contributed by atoms with E-state index >= 15 is 0 Å². The molecule has 0 fully saturated rings. The Bertz CT molecular complexity index is 1150. The van der Waals surface area contributed by atoms with Crippen LogP contribution < -0.4 is 5.32 Å². The standard InChI is InChI=1S/C22H18FN3O4S/c1-25(2)22(28)14-7-9-15(10-8-14)24-21(27)17-13-16(26(29)30)11-12-19(17)31-20-6-4-3-5-18(20)23/h3-13H,1-2H3,(H,24,27). The number of hydrogen-bond acceptors (Lipinski definition) is 5. The number of benzene rings is 3. The van der Waals surface area contributed by atoms with E-state index in [2.05, 4.69) is 5.32 Å². The first kappa shape index (κ1) is 22.0. The maximum atomic E-state index is 14.1. The van der Waals surface area contributed by atoms with Gasteiger partial charge in [-0.3, -0.25) is 19.7 Å². The van der Waals surface area contributed by atoms with E-state index in [4.69, 9.17) is 0 Å². The molecule has 3 aromatic rings. The lowest BCUT2D eigenvalue weighted by Crippen LogP contribution is -2.21. The highest BCUT2D eigenvalue weighted by Gasteiger charge is 2.19. The Balaban J connectivity index is 1.89. The Kier molecular flexibility index (Phi) is 6.66. The number of nitro benzene ring substituents is 1. The van der Waals surface area contributed by atoms with Crippen LogP contribution in [0.1, 0.15) is 20.7 Å². The molecule has 158 valence electrons. The second-order valence-electron chi connectivity index (χ2n) is 6.70. The van der Waals surface area contributed by atoms with Crippen LogP contribution in [-0.4, -0.2) is 35.7 Å². The molecule has 0 heterocycles. The maximum absolute atomic E-state index is 14.1. The van der Waals surface area contributed by atoms with Gasteiger partial charge in [0, 0.05) is 47.3 Å². The van der Waals surface area contributed by atoms with E-state index < -0.39 is 16.6 Å². The zero-order valence-electron chi connectivity index (χ0n) is 16.7. The van der Waals surface area contributed by atoms with Crippen LogP contribution in [0.15, 0.2) is 76.5 Å². The lowest BCUT2D eigenvalue weighted by Gasteiger charge is -2.12. The molecule has 0 bridgehead atoms. The first-order valence-corrected chi connectivity index (χ1v) is 9.92. The second kappa shape index (κ2) is 9.40. The van der Waals surface area contributed by atoms with E-state index in [0.29, 0.717) is 16.1 Å². The molecular weight excluding hydrogens is 421 g/mol. The molecule has 1 N–H and O–H groups in total. The first-order valence-electron chi connectivity index (χ1n) is 9.10. The van der Waals surface area contributed by atoms with Gasteiger partial charge in [-0.15, -0.1) is 0 Å². The monoisotopic (exact) mass is 439 g/mol. The molecule has 3 aromatic carbocycles. The van der Waals surface area contributed by atoms with Gasteiger partial charge in [0.05, 0.1) is 10.5 Å². The van der Waals surface area contributed by atoms with Crippen molar-refractivity contribution in [3.8, 4) is 0 Å². The first-order chi connectivity index (χ1) is 14.8. The number of nitro groups is 1. The van der Waals surface area contributed by atoms with Gasteiger partial charge in [-0.1, -0.05) is 23.9 Å². The molecule has 0 aliphatic carbocycles. The molecule has 2 amide bonds. The number of halogens is 1. The van der Waals surface area contributed by atoms with Gasteiger partial charge in [0.2, 0.25) is 0 Å². The second-order valence-corrected chi connectivity index (χ2v) is 7.78. The van der Waals surface area contributed by atoms with Crippen LogP contribution in [-0.2, 0) is 0 Å². The number of anilines is 1. The molecule has 0 saturated carbocycles. The Morgan fingerprint density at radius 2 is 1.68 bits per heavy atom. The predicted octanol–water partition coefficient (Wildman–Crippen LogP) is 4.84. The Morgan fingerprint density at radius 3 is 2.29 bits per heavy atom. The number of carbonyl (C=O) groups excluding carboxylic acids is 2. The van der Waals surface area contributed by atoms with Crippen molar-refractivity contribution in [2.24, 2.45) is 0 Å². The van der Waals surface area contributed by atoms with Crippen molar-refractivity contribution in [1.29, 1.82) is 0 Å². The fourth-order valence-electron chi connectivity index (χ4n) is 2.70. The topological polar surface area (TPSA) is 92.6 Å². The molecule has 0 aliphatic rings. The zero-order chi connectivity index (χ0) is 22.5. The van der Waals surface area contributed by atoms with E-state index in [1.807, 2.05) is 0 Å². The van der Waals surface area contributed by atoms with E-state index in [9.17, 15) is 24.1 Å². The minimum atomic E-state index is -0.601. The van der Waals surface area contributed by atoms with Crippen LogP contribution in [0.4, 0.5) is 15.8 Å². The molecular formula is C22H18FN3O4S. The van der Waals surface area contributed by atoms with Crippen molar-refractivity contribution < 1.29 is 18.9 Å². The summed E-state index contributed by atoms with van der Waals surface area (Å²) in [4.78, 5) is 37.6. The molecule has 0 saturated heterocycles. The maximum Gasteiger partial charge on any atom is 0.270 e. The third-order valence-corrected chi connectivity index (χ3v) is 5.40. The highest BCUT2D eigenvalue weighted by molar-refractivity contribution is 7.99. The Hall–Kier alpha value is -3.72. The largest absolute Gasteiger partial charge is 0.345 e. The smallest absolute Gasteiger partial charge is 0.270 e.